The lowest BCUT2D eigenvalue weighted by atomic mass is 9.81. The Kier molecular flexibility index (Phi) is 5.61. The lowest BCUT2D eigenvalue weighted by molar-refractivity contribution is 0.00974. The summed E-state index contributed by atoms with van der Waals surface area (Å²) in [6.07, 6.45) is 7.98. The van der Waals surface area contributed by atoms with Crippen LogP contribution in [0.2, 0.25) is 0 Å². The molecule has 1 aromatic rings. The van der Waals surface area contributed by atoms with Crippen LogP contribution in [-0.4, -0.2) is 36.1 Å². The average Bonchev–Trinajstić information content (AvgIpc) is 2.77. The summed E-state index contributed by atoms with van der Waals surface area (Å²) in [5.41, 5.74) is 2.36. The van der Waals surface area contributed by atoms with Crippen LogP contribution in [0.1, 0.15) is 43.5 Å². The Hall–Kier alpha value is -0.870. The maximum atomic E-state index is 5.87. The molecule has 1 aromatic heterocycles. The zero-order chi connectivity index (χ0) is 14.5. The fourth-order valence-electron chi connectivity index (χ4n) is 3.61. The van der Waals surface area contributed by atoms with Crippen LogP contribution in [0.3, 0.4) is 0 Å². The molecule has 1 aliphatic rings. The highest BCUT2D eigenvalue weighted by Gasteiger charge is 2.30. The highest BCUT2D eigenvalue weighted by Crippen LogP contribution is 2.30. The van der Waals surface area contributed by atoms with Gasteiger partial charge in [0.25, 0.3) is 0 Å². The second kappa shape index (κ2) is 7.23. The predicted octanol–water partition coefficient (Wildman–Crippen LogP) is 2.45. The molecule has 20 heavy (non-hydrogen) atoms. The molecule has 0 radical (unpaired) electrons. The number of nitrogens with zero attached hydrogens (tertiary/aromatic N) is 2. The van der Waals surface area contributed by atoms with E-state index in [2.05, 4.69) is 16.5 Å². The van der Waals surface area contributed by atoms with Gasteiger partial charge in [0.2, 0.25) is 0 Å². The number of aryl methyl sites for hydroxylation is 2. The van der Waals surface area contributed by atoms with Gasteiger partial charge in [-0.15, -0.1) is 0 Å². The predicted molar refractivity (Wildman–Crippen MR) is 81.9 cm³/mol. The number of hydrogen-bond donors (Lipinski definition) is 1. The van der Waals surface area contributed by atoms with Crippen molar-refractivity contribution < 1.29 is 4.74 Å². The first kappa shape index (κ1) is 15.5. The number of ether oxygens (including phenoxy) is 1. The van der Waals surface area contributed by atoms with Crippen LogP contribution in [0, 0.1) is 12.8 Å². The number of likely N-dealkylation sites (N-methyl/N-ethyl adjacent to an activating group) is 1. The van der Waals surface area contributed by atoms with Gasteiger partial charge in [0, 0.05) is 32.3 Å². The van der Waals surface area contributed by atoms with Gasteiger partial charge in [-0.3, -0.25) is 4.68 Å². The zero-order valence-electron chi connectivity index (χ0n) is 13.4. The van der Waals surface area contributed by atoms with E-state index in [4.69, 9.17) is 4.74 Å². The monoisotopic (exact) mass is 279 g/mol. The molecule has 0 aliphatic heterocycles. The molecule has 1 heterocycles. The first-order valence-electron chi connectivity index (χ1n) is 7.85. The number of nitrogens with one attached hydrogen (secondary N) is 1. The first-order valence-corrected chi connectivity index (χ1v) is 7.85. The molecular formula is C16H29N3O. The van der Waals surface area contributed by atoms with Crippen molar-refractivity contribution in [3.8, 4) is 0 Å². The van der Waals surface area contributed by atoms with Gasteiger partial charge in [-0.2, -0.15) is 5.10 Å². The second-order valence-corrected chi connectivity index (χ2v) is 6.10. The van der Waals surface area contributed by atoms with Gasteiger partial charge in [0.1, 0.15) is 0 Å². The van der Waals surface area contributed by atoms with E-state index < -0.39 is 0 Å². The van der Waals surface area contributed by atoms with Crippen LogP contribution in [0.4, 0.5) is 0 Å². The molecule has 4 nitrogen and oxygen atoms in total. The van der Waals surface area contributed by atoms with E-state index in [9.17, 15) is 0 Å². The third kappa shape index (κ3) is 3.61. The SMILES string of the molecule is CNC(Cc1cc(C)nn1C)C(OC)C1CCCCC1. The van der Waals surface area contributed by atoms with Gasteiger partial charge in [-0.25, -0.2) is 0 Å². The molecule has 0 aromatic carbocycles. The molecule has 0 amide bonds. The minimum atomic E-state index is 0.301. The highest BCUT2D eigenvalue weighted by atomic mass is 16.5. The molecular weight excluding hydrogens is 250 g/mol. The van der Waals surface area contributed by atoms with Crippen LogP contribution in [-0.2, 0) is 18.2 Å². The fourth-order valence-corrected chi connectivity index (χ4v) is 3.61. The molecule has 2 atom stereocenters. The van der Waals surface area contributed by atoms with Gasteiger partial charge in [0.05, 0.1) is 11.8 Å². The largest absolute Gasteiger partial charge is 0.380 e. The zero-order valence-corrected chi connectivity index (χ0v) is 13.4. The van der Waals surface area contributed by atoms with Crippen LogP contribution in [0.5, 0.6) is 0 Å². The van der Waals surface area contributed by atoms with Gasteiger partial charge in [-0.1, -0.05) is 19.3 Å². The smallest absolute Gasteiger partial charge is 0.0756 e. The Bertz CT molecular complexity index is 410. The standard InChI is InChI=1S/C16H29N3O/c1-12-10-14(19(3)18-12)11-15(17-2)16(20-4)13-8-6-5-7-9-13/h10,13,15-17H,5-9,11H2,1-4H3. The minimum Gasteiger partial charge on any atom is -0.380 e. The molecule has 2 unspecified atom stereocenters. The quantitative estimate of drug-likeness (QED) is 0.869. The number of methoxy groups -OCH3 is 1. The van der Waals surface area contributed by atoms with Gasteiger partial charge < -0.3 is 10.1 Å². The average molecular weight is 279 g/mol. The summed E-state index contributed by atoms with van der Waals surface area (Å²) in [6, 6.07) is 2.54. The van der Waals surface area contributed by atoms with Gasteiger partial charge in [-0.05, 0) is 38.8 Å². The summed E-state index contributed by atoms with van der Waals surface area (Å²) in [7, 11) is 5.93. The van der Waals surface area contributed by atoms with E-state index in [1.807, 2.05) is 32.8 Å². The van der Waals surface area contributed by atoms with E-state index in [0.717, 1.165) is 12.1 Å². The number of hydrogen-bond acceptors (Lipinski definition) is 3. The Morgan fingerprint density at radius 2 is 2.10 bits per heavy atom. The molecule has 0 spiro atoms. The van der Waals surface area contributed by atoms with Crippen LogP contribution in [0.15, 0.2) is 6.07 Å². The van der Waals surface area contributed by atoms with E-state index in [0.29, 0.717) is 18.1 Å². The second-order valence-electron chi connectivity index (χ2n) is 6.10. The summed E-state index contributed by atoms with van der Waals surface area (Å²) >= 11 is 0. The van der Waals surface area contributed by atoms with Crippen LogP contribution in [0.25, 0.3) is 0 Å². The molecule has 1 N–H and O–H groups in total. The van der Waals surface area contributed by atoms with Crippen molar-refractivity contribution in [2.24, 2.45) is 13.0 Å². The lowest BCUT2D eigenvalue weighted by Crippen LogP contribution is -2.45. The molecule has 4 heteroatoms. The molecule has 0 saturated heterocycles. The molecule has 2 rings (SSSR count). The third-order valence-electron chi connectivity index (χ3n) is 4.68. The lowest BCUT2D eigenvalue weighted by Gasteiger charge is -2.34. The third-order valence-corrected chi connectivity index (χ3v) is 4.68. The molecule has 1 aliphatic carbocycles. The van der Waals surface area contributed by atoms with E-state index in [1.165, 1.54) is 37.8 Å². The summed E-state index contributed by atoms with van der Waals surface area (Å²) < 4.78 is 7.86. The molecule has 1 fully saturated rings. The molecule has 1 saturated carbocycles. The van der Waals surface area contributed by atoms with E-state index in [-0.39, 0.29) is 0 Å². The summed E-state index contributed by atoms with van der Waals surface area (Å²) in [6.45, 7) is 2.05. The fraction of sp³-hybridized carbons (Fsp3) is 0.812. The van der Waals surface area contributed by atoms with Crippen molar-refractivity contribution in [2.45, 2.75) is 57.6 Å². The van der Waals surface area contributed by atoms with Gasteiger partial charge >= 0.3 is 0 Å². The normalized spacial score (nSPS) is 20.0. The van der Waals surface area contributed by atoms with E-state index in [1.54, 1.807) is 0 Å². The Morgan fingerprint density at radius 1 is 1.40 bits per heavy atom. The van der Waals surface area contributed by atoms with Gasteiger partial charge in [0.15, 0.2) is 0 Å². The Balaban J connectivity index is 2.06. The molecule has 0 bridgehead atoms. The first-order chi connectivity index (χ1) is 9.65. The van der Waals surface area contributed by atoms with Crippen molar-refractivity contribution in [2.75, 3.05) is 14.2 Å². The van der Waals surface area contributed by atoms with Crippen LogP contribution < -0.4 is 5.32 Å². The van der Waals surface area contributed by atoms with Crippen molar-refractivity contribution in [3.63, 3.8) is 0 Å². The molecule has 114 valence electrons. The number of rotatable bonds is 6. The van der Waals surface area contributed by atoms with E-state index >= 15 is 0 Å². The van der Waals surface area contributed by atoms with Crippen molar-refractivity contribution >= 4 is 0 Å². The van der Waals surface area contributed by atoms with Crippen molar-refractivity contribution in [1.29, 1.82) is 0 Å². The van der Waals surface area contributed by atoms with Crippen molar-refractivity contribution in [1.82, 2.24) is 15.1 Å². The Morgan fingerprint density at radius 3 is 2.60 bits per heavy atom. The number of aromatic nitrogens is 2. The summed E-state index contributed by atoms with van der Waals surface area (Å²) in [5, 5.41) is 7.91. The highest BCUT2D eigenvalue weighted by molar-refractivity contribution is 5.11. The van der Waals surface area contributed by atoms with Crippen LogP contribution >= 0.6 is 0 Å². The topological polar surface area (TPSA) is 39.1 Å². The maximum absolute atomic E-state index is 5.87. The summed E-state index contributed by atoms with van der Waals surface area (Å²) in [4.78, 5) is 0. The van der Waals surface area contributed by atoms with Crippen molar-refractivity contribution in [3.05, 3.63) is 17.5 Å². The maximum Gasteiger partial charge on any atom is 0.0756 e. The minimum absolute atomic E-state index is 0.301. The summed E-state index contributed by atoms with van der Waals surface area (Å²) in [5.74, 6) is 0.695. The Labute approximate surface area is 122 Å².